The van der Waals surface area contributed by atoms with Gasteiger partial charge in [0.2, 0.25) is 0 Å². The standard InChI is InChI=1S/C13H15N3O2/c1-3-9-7-10(4-2)16(15-9)12-8-14-6-5-11(12)13(17)18/h5-8H,3-4H2,1-2H3,(H,17,18). The van der Waals surface area contributed by atoms with Crippen molar-refractivity contribution in [3.63, 3.8) is 0 Å². The van der Waals surface area contributed by atoms with Gasteiger partial charge in [-0.05, 0) is 25.0 Å². The highest BCUT2D eigenvalue weighted by Crippen LogP contribution is 2.17. The van der Waals surface area contributed by atoms with Gasteiger partial charge >= 0.3 is 5.97 Å². The third-order valence-electron chi connectivity index (χ3n) is 2.82. The van der Waals surface area contributed by atoms with Gasteiger partial charge in [0.05, 0.1) is 23.1 Å². The molecular formula is C13H15N3O2. The molecule has 2 heterocycles. The minimum Gasteiger partial charge on any atom is -0.478 e. The smallest absolute Gasteiger partial charge is 0.338 e. The van der Waals surface area contributed by atoms with Crippen molar-refractivity contribution in [1.82, 2.24) is 14.8 Å². The van der Waals surface area contributed by atoms with Crippen molar-refractivity contribution in [3.8, 4) is 5.69 Å². The molecule has 0 aromatic carbocycles. The summed E-state index contributed by atoms with van der Waals surface area (Å²) in [5.74, 6) is -0.969. The summed E-state index contributed by atoms with van der Waals surface area (Å²) in [7, 11) is 0. The number of carbonyl (C=O) groups is 1. The molecule has 0 saturated heterocycles. The molecule has 0 aliphatic heterocycles. The van der Waals surface area contributed by atoms with E-state index in [2.05, 4.69) is 10.1 Å². The van der Waals surface area contributed by atoms with Gasteiger partial charge in [-0.1, -0.05) is 13.8 Å². The predicted molar refractivity (Wildman–Crippen MR) is 67.1 cm³/mol. The van der Waals surface area contributed by atoms with Crippen molar-refractivity contribution < 1.29 is 9.90 Å². The van der Waals surface area contributed by atoms with E-state index in [1.54, 1.807) is 4.68 Å². The van der Waals surface area contributed by atoms with Gasteiger partial charge in [0.25, 0.3) is 0 Å². The average molecular weight is 245 g/mol. The fourth-order valence-electron chi connectivity index (χ4n) is 1.84. The highest BCUT2D eigenvalue weighted by Gasteiger charge is 2.15. The second-order valence-corrected chi connectivity index (χ2v) is 3.94. The summed E-state index contributed by atoms with van der Waals surface area (Å²) < 4.78 is 1.68. The molecule has 0 aliphatic carbocycles. The first-order valence-corrected chi connectivity index (χ1v) is 5.92. The molecular weight excluding hydrogens is 230 g/mol. The second kappa shape index (κ2) is 5.00. The Balaban J connectivity index is 2.61. The maximum absolute atomic E-state index is 11.2. The molecule has 2 aromatic heterocycles. The molecule has 0 spiro atoms. The molecule has 2 aromatic rings. The Kier molecular flexibility index (Phi) is 3.41. The third-order valence-corrected chi connectivity index (χ3v) is 2.82. The van der Waals surface area contributed by atoms with Crippen LogP contribution < -0.4 is 0 Å². The molecule has 0 aliphatic rings. The lowest BCUT2D eigenvalue weighted by Crippen LogP contribution is -2.09. The minimum absolute atomic E-state index is 0.213. The number of aromatic nitrogens is 3. The molecule has 5 heteroatoms. The SMILES string of the molecule is CCc1cc(CC)n(-c2cnccc2C(=O)O)n1. The molecule has 0 radical (unpaired) electrons. The molecule has 0 amide bonds. The van der Waals surface area contributed by atoms with E-state index < -0.39 is 5.97 Å². The van der Waals surface area contributed by atoms with Crippen molar-refractivity contribution in [2.45, 2.75) is 26.7 Å². The van der Waals surface area contributed by atoms with Crippen LogP contribution in [0.25, 0.3) is 5.69 Å². The van der Waals surface area contributed by atoms with Crippen molar-refractivity contribution in [2.24, 2.45) is 0 Å². The Morgan fingerprint density at radius 2 is 2.17 bits per heavy atom. The molecule has 2 rings (SSSR count). The molecule has 5 nitrogen and oxygen atoms in total. The number of hydrogen-bond donors (Lipinski definition) is 1. The van der Waals surface area contributed by atoms with Crippen molar-refractivity contribution in [3.05, 3.63) is 41.5 Å². The molecule has 0 unspecified atom stereocenters. The first kappa shape index (κ1) is 12.3. The summed E-state index contributed by atoms with van der Waals surface area (Å²) in [6, 6.07) is 3.49. The van der Waals surface area contributed by atoms with Crippen LogP contribution in [0.4, 0.5) is 0 Å². The van der Waals surface area contributed by atoms with Gasteiger partial charge in [-0.25, -0.2) is 9.48 Å². The highest BCUT2D eigenvalue weighted by molar-refractivity contribution is 5.91. The Morgan fingerprint density at radius 3 is 2.78 bits per heavy atom. The van der Waals surface area contributed by atoms with E-state index in [1.807, 2.05) is 19.9 Å². The molecule has 0 atom stereocenters. The van der Waals surface area contributed by atoms with Crippen LogP contribution in [-0.4, -0.2) is 25.8 Å². The topological polar surface area (TPSA) is 68.0 Å². The molecule has 1 N–H and O–H groups in total. The fourth-order valence-corrected chi connectivity index (χ4v) is 1.84. The Hall–Kier alpha value is -2.17. The maximum atomic E-state index is 11.2. The van der Waals surface area contributed by atoms with Crippen LogP contribution in [0.2, 0.25) is 0 Å². The first-order valence-electron chi connectivity index (χ1n) is 5.92. The van der Waals surface area contributed by atoms with Gasteiger partial charge in [0, 0.05) is 11.9 Å². The van der Waals surface area contributed by atoms with Crippen LogP contribution in [0.5, 0.6) is 0 Å². The molecule has 18 heavy (non-hydrogen) atoms. The van der Waals surface area contributed by atoms with E-state index in [-0.39, 0.29) is 5.56 Å². The summed E-state index contributed by atoms with van der Waals surface area (Å²) in [4.78, 5) is 15.2. The minimum atomic E-state index is -0.969. The van der Waals surface area contributed by atoms with Crippen LogP contribution in [-0.2, 0) is 12.8 Å². The number of rotatable bonds is 4. The Bertz CT molecular complexity index is 575. The second-order valence-electron chi connectivity index (χ2n) is 3.94. The predicted octanol–water partition coefficient (Wildman–Crippen LogP) is 2.09. The summed E-state index contributed by atoms with van der Waals surface area (Å²) in [6.07, 6.45) is 4.63. The number of pyridine rings is 1. The van der Waals surface area contributed by atoms with E-state index in [9.17, 15) is 9.90 Å². The van der Waals surface area contributed by atoms with Gasteiger partial charge in [-0.3, -0.25) is 4.98 Å². The number of aryl methyl sites for hydroxylation is 2. The molecule has 0 saturated carbocycles. The first-order chi connectivity index (χ1) is 8.67. The summed E-state index contributed by atoms with van der Waals surface area (Å²) in [5.41, 5.74) is 2.67. The number of carboxylic acid groups (broad SMARTS) is 1. The van der Waals surface area contributed by atoms with Crippen molar-refractivity contribution in [1.29, 1.82) is 0 Å². The molecule has 94 valence electrons. The van der Waals surface area contributed by atoms with Crippen LogP contribution in [0, 0.1) is 0 Å². The van der Waals surface area contributed by atoms with Gasteiger partial charge in [0.15, 0.2) is 0 Å². The summed E-state index contributed by atoms with van der Waals surface area (Å²) in [5, 5.41) is 13.6. The Morgan fingerprint density at radius 1 is 1.39 bits per heavy atom. The third kappa shape index (κ3) is 2.11. The van der Waals surface area contributed by atoms with Crippen LogP contribution in [0.3, 0.4) is 0 Å². The van der Waals surface area contributed by atoms with E-state index in [1.165, 1.54) is 18.5 Å². The fraction of sp³-hybridized carbons (Fsp3) is 0.308. The van der Waals surface area contributed by atoms with E-state index in [4.69, 9.17) is 0 Å². The van der Waals surface area contributed by atoms with Gasteiger partial charge in [-0.2, -0.15) is 5.10 Å². The average Bonchev–Trinajstić information content (AvgIpc) is 2.81. The Labute approximate surface area is 105 Å². The van der Waals surface area contributed by atoms with Crippen molar-refractivity contribution >= 4 is 5.97 Å². The zero-order chi connectivity index (χ0) is 13.1. The number of nitrogens with zero attached hydrogens (tertiary/aromatic N) is 3. The molecule has 0 fully saturated rings. The normalized spacial score (nSPS) is 10.6. The monoisotopic (exact) mass is 245 g/mol. The van der Waals surface area contributed by atoms with Crippen molar-refractivity contribution in [2.75, 3.05) is 0 Å². The lowest BCUT2D eigenvalue weighted by atomic mass is 10.2. The molecule has 0 bridgehead atoms. The lowest BCUT2D eigenvalue weighted by Gasteiger charge is -2.08. The number of carboxylic acids is 1. The quantitative estimate of drug-likeness (QED) is 0.895. The van der Waals surface area contributed by atoms with E-state index in [0.717, 1.165) is 24.2 Å². The van der Waals surface area contributed by atoms with Gasteiger partial charge < -0.3 is 5.11 Å². The van der Waals surface area contributed by atoms with Crippen LogP contribution in [0.15, 0.2) is 24.5 Å². The van der Waals surface area contributed by atoms with Gasteiger partial charge in [0.1, 0.15) is 0 Å². The van der Waals surface area contributed by atoms with Crippen LogP contribution >= 0.6 is 0 Å². The number of hydrogen-bond acceptors (Lipinski definition) is 3. The zero-order valence-corrected chi connectivity index (χ0v) is 10.4. The maximum Gasteiger partial charge on any atom is 0.338 e. The van der Waals surface area contributed by atoms with E-state index >= 15 is 0 Å². The highest BCUT2D eigenvalue weighted by atomic mass is 16.4. The van der Waals surface area contributed by atoms with Gasteiger partial charge in [-0.15, -0.1) is 0 Å². The largest absolute Gasteiger partial charge is 0.478 e. The number of aromatic carboxylic acids is 1. The summed E-state index contributed by atoms with van der Waals surface area (Å²) >= 11 is 0. The van der Waals surface area contributed by atoms with Crippen LogP contribution in [0.1, 0.15) is 35.6 Å². The van der Waals surface area contributed by atoms with E-state index in [0.29, 0.717) is 5.69 Å². The lowest BCUT2D eigenvalue weighted by molar-refractivity contribution is 0.0696. The zero-order valence-electron chi connectivity index (χ0n) is 10.4. The summed E-state index contributed by atoms with van der Waals surface area (Å²) in [6.45, 7) is 4.04.